The molecular weight excluding hydrogens is 829 g/mol. The molecule has 0 N–H and O–H groups in total. The quantitative estimate of drug-likeness (QED) is 0.221. The second kappa shape index (κ2) is 15.9. The third-order valence-corrected chi connectivity index (χ3v) is 0. The molecule has 0 atom stereocenters. The van der Waals surface area contributed by atoms with Gasteiger partial charge in [-0.2, -0.15) is 0 Å². The van der Waals surface area contributed by atoms with Crippen LogP contribution in [0.1, 0.15) is 0 Å². The van der Waals surface area contributed by atoms with Crippen LogP contribution in [-0.2, 0) is 0 Å². The Labute approximate surface area is 106 Å². The van der Waals surface area contributed by atoms with Gasteiger partial charge in [-0.3, -0.25) is 0 Å². The number of hydrogen-bond donors (Lipinski definition) is 0. The van der Waals surface area contributed by atoms with Gasteiger partial charge in [-0.05, 0) is 0 Å². The van der Waals surface area contributed by atoms with E-state index in [1.165, 1.54) is 0 Å². The van der Waals surface area contributed by atoms with Gasteiger partial charge in [0.1, 0.15) is 0 Å². The molecule has 0 aliphatic carbocycles. The summed E-state index contributed by atoms with van der Waals surface area (Å²) in [5.74, 6) is 0. The van der Waals surface area contributed by atoms with Crippen molar-refractivity contribution in [2.45, 2.75) is 0 Å². The van der Waals surface area contributed by atoms with Crippen molar-refractivity contribution in [3.63, 3.8) is 0 Å². The second-order valence-corrected chi connectivity index (χ2v) is 0. The number of hydrogen-bond acceptors (Lipinski definition) is 0. The molecule has 8 radical (unpaired) electrons. The van der Waals surface area contributed by atoms with Crippen LogP contribution in [0.15, 0.2) is 0 Å². The van der Waals surface area contributed by atoms with Gasteiger partial charge in [-0.25, -0.2) is 0 Å². The first kappa shape index (κ1) is 25.3. The molecule has 4 heteroatoms. The third-order valence-electron chi connectivity index (χ3n) is 0. The van der Waals surface area contributed by atoms with E-state index in [4.69, 9.17) is 0 Å². The molecule has 0 aromatic heterocycles. The molecule has 0 nitrogen and oxygen atoms in total. The zero-order valence-electron chi connectivity index (χ0n) is 2.83. The van der Waals surface area contributed by atoms with Crippen LogP contribution in [0.2, 0.25) is 0 Å². The van der Waals surface area contributed by atoms with Crippen LogP contribution < -0.4 is 0 Å². The molecule has 0 bridgehead atoms. The van der Waals surface area contributed by atoms with Gasteiger partial charge in [-0.15, -0.1) is 0 Å². The van der Waals surface area contributed by atoms with Gasteiger partial charge in [0.25, 0.3) is 0 Å². The predicted octanol–water partition coefficient (Wildman–Crippen LogP) is -3.66. The Hall–Kier alpha value is 3.69. The van der Waals surface area contributed by atoms with Crippen LogP contribution in [0, 0.1) is 0 Å². The average molecular weight is 837 g/mol. The van der Waals surface area contributed by atoms with Gasteiger partial charge in [-0.1, -0.05) is 0 Å². The van der Waals surface area contributed by atoms with E-state index in [1.54, 1.807) is 0 Å². The molecule has 0 aliphatic rings. The Morgan fingerprint density at radius 1 is 0.250 bits per heavy atom. The fraction of sp³-hybridized carbons (Fsp3) is 0. The van der Waals surface area contributed by atoms with Crippen LogP contribution in [0.5, 0.6) is 0 Å². The van der Waals surface area contributed by atoms with E-state index in [-0.39, 0.29) is 109 Å². The molecular formula is H8Pb4. The standard InChI is InChI=1S/4Pb.8H. The molecule has 0 rings (SSSR count). The van der Waals surface area contributed by atoms with Crippen LogP contribution in [0.25, 0.3) is 0 Å². The van der Waals surface area contributed by atoms with Crippen molar-refractivity contribution >= 4 is 109 Å². The summed E-state index contributed by atoms with van der Waals surface area (Å²) in [7, 11) is 0. The number of rotatable bonds is 0. The monoisotopic (exact) mass is 840 g/mol. The molecule has 0 saturated heterocycles. The van der Waals surface area contributed by atoms with Gasteiger partial charge in [0.05, 0.1) is 0 Å². The molecule has 0 heterocycles. The molecule has 0 aromatic carbocycles. The summed E-state index contributed by atoms with van der Waals surface area (Å²) < 4.78 is 0. The molecule has 0 aliphatic heterocycles. The van der Waals surface area contributed by atoms with Crippen LogP contribution in [0.4, 0.5) is 0 Å². The van der Waals surface area contributed by atoms with Crippen molar-refractivity contribution in [3.8, 4) is 0 Å². The van der Waals surface area contributed by atoms with Crippen LogP contribution >= 0.6 is 0 Å². The minimum atomic E-state index is 0. The van der Waals surface area contributed by atoms with Crippen molar-refractivity contribution in [1.29, 1.82) is 0 Å². The molecule has 24 valence electrons. The predicted molar refractivity (Wildman–Crippen MR) is 34.2 cm³/mol. The first-order valence-electron chi connectivity index (χ1n) is 0. The normalized spacial score (nSPS) is 0. The summed E-state index contributed by atoms with van der Waals surface area (Å²) in [5, 5.41) is 0. The average Bonchev–Trinajstić information content (AvgIpc) is 0. The molecule has 0 amide bonds. The van der Waals surface area contributed by atoms with E-state index in [0.717, 1.165) is 0 Å². The first-order valence-corrected chi connectivity index (χ1v) is 0. The maximum atomic E-state index is 0. The topological polar surface area (TPSA) is 0 Å². The summed E-state index contributed by atoms with van der Waals surface area (Å²) in [6.45, 7) is 0. The molecule has 0 saturated carbocycles. The summed E-state index contributed by atoms with van der Waals surface area (Å²) in [6, 6.07) is 0. The Kier molecular flexibility index (Phi) is 101. The Morgan fingerprint density at radius 3 is 0.250 bits per heavy atom. The molecule has 0 unspecified atom stereocenters. The third kappa shape index (κ3) is 9.19. The first-order chi connectivity index (χ1) is 0. The van der Waals surface area contributed by atoms with Gasteiger partial charge in [0.2, 0.25) is 0 Å². The SMILES string of the molecule is [PbH2].[PbH2].[PbH2].[PbH2]. The van der Waals surface area contributed by atoms with E-state index >= 15 is 0 Å². The summed E-state index contributed by atoms with van der Waals surface area (Å²) in [5.41, 5.74) is 0. The van der Waals surface area contributed by atoms with Gasteiger partial charge < -0.3 is 0 Å². The summed E-state index contributed by atoms with van der Waals surface area (Å²) in [4.78, 5) is 0. The second-order valence-electron chi connectivity index (χ2n) is 0. The van der Waals surface area contributed by atoms with E-state index < -0.39 is 0 Å². The van der Waals surface area contributed by atoms with E-state index in [0.29, 0.717) is 0 Å². The molecule has 0 fully saturated rings. The van der Waals surface area contributed by atoms with E-state index in [9.17, 15) is 0 Å². The van der Waals surface area contributed by atoms with Gasteiger partial charge >= 0.3 is 109 Å². The van der Waals surface area contributed by atoms with Gasteiger partial charge in [0.15, 0.2) is 0 Å². The van der Waals surface area contributed by atoms with Crippen molar-refractivity contribution in [3.05, 3.63) is 0 Å². The van der Waals surface area contributed by atoms with E-state index in [1.807, 2.05) is 0 Å². The van der Waals surface area contributed by atoms with E-state index in [2.05, 4.69) is 0 Å². The summed E-state index contributed by atoms with van der Waals surface area (Å²) in [6.07, 6.45) is 0. The maximum absolute atomic E-state index is 0. The van der Waals surface area contributed by atoms with Crippen molar-refractivity contribution in [2.24, 2.45) is 0 Å². The molecule has 4 heavy (non-hydrogen) atoms. The molecule has 0 spiro atoms. The van der Waals surface area contributed by atoms with Crippen molar-refractivity contribution in [2.75, 3.05) is 0 Å². The van der Waals surface area contributed by atoms with Gasteiger partial charge in [0, 0.05) is 0 Å². The molecule has 0 aromatic rings. The van der Waals surface area contributed by atoms with Crippen LogP contribution in [-0.4, -0.2) is 109 Å². The Bertz CT molecular complexity index is 0. The zero-order valence-corrected chi connectivity index (χ0v) is 24.8. The Morgan fingerprint density at radius 2 is 0.250 bits per heavy atom. The van der Waals surface area contributed by atoms with Crippen molar-refractivity contribution < 1.29 is 0 Å². The Balaban J connectivity index is 0. The minimum absolute atomic E-state index is 0. The van der Waals surface area contributed by atoms with Crippen molar-refractivity contribution in [1.82, 2.24) is 0 Å². The fourth-order valence-corrected chi connectivity index (χ4v) is 0. The fourth-order valence-electron chi connectivity index (χ4n) is 0. The zero-order chi connectivity index (χ0) is 0. The summed E-state index contributed by atoms with van der Waals surface area (Å²) >= 11 is 0. The van der Waals surface area contributed by atoms with Crippen LogP contribution in [0.3, 0.4) is 0 Å².